The van der Waals surface area contributed by atoms with Crippen molar-refractivity contribution in [2.75, 3.05) is 39.3 Å². The van der Waals surface area contributed by atoms with Crippen molar-refractivity contribution >= 4 is 15.7 Å². The summed E-state index contributed by atoms with van der Waals surface area (Å²) in [6, 6.07) is 5.27. The first-order valence-corrected chi connectivity index (χ1v) is 8.64. The molecule has 1 aromatic carbocycles. The molecule has 120 valence electrons. The average molecular weight is 326 g/mol. The molecule has 3 aliphatic heterocycles. The van der Waals surface area contributed by atoms with E-state index in [1.54, 1.807) is 0 Å². The lowest BCUT2D eigenvalue weighted by atomic mass is 10.1. The summed E-state index contributed by atoms with van der Waals surface area (Å²) in [5.74, 6) is 0. The van der Waals surface area contributed by atoms with Gasteiger partial charge in [-0.2, -0.15) is 0 Å². The quantitative estimate of drug-likeness (QED) is 0.598. The first-order chi connectivity index (χ1) is 10.5. The maximum Gasteiger partial charge on any atom is 0.270 e. The number of fused-ring (bicyclic) bond motifs is 3. The fourth-order valence-corrected chi connectivity index (χ4v) is 4.08. The zero-order chi connectivity index (χ0) is 15.7. The van der Waals surface area contributed by atoms with Crippen LogP contribution in [-0.2, 0) is 10.0 Å². The minimum atomic E-state index is -3.73. The van der Waals surface area contributed by atoms with Crippen LogP contribution >= 0.6 is 0 Å². The Morgan fingerprint density at radius 1 is 1.27 bits per heavy atom. The second-order valence-electron chi connectivity index (χ2n) is 5.60. The Kier molecular flexibility index (Phi) is 4.13. The lowest BCUT2D eigenvalue weighted by molar-refractivity contribution is -0.385. The molecule has 3 saturated heterocycles. The SMILES string of the molecule is O=[N+]([O-])c1cccc(S(=O)(=O)NCC2CN3CCN2CC3)c1. The number of benzene rings is 1. The highest BCUT2D eigenvalue weighted by molar-refractivity contribution is 7.89. The Morgan fingerprint density at radius 3 is 2.59 bits per heavy atom. The molecule has 2 bridgehead atoms. The Balaban J connectivity index is 1.68. The molecule has 0 saturated carbocycles. The van der Waals surface area contributed by atoms with Gasteiger partial charge < -0.3 is 0 Å². The molecule has 0 aromatic heterocycles. The molecule has 22 heavy (non-hydrogen) atoms. The average Bonchev–Trinajstić information content (AvgIpc) is 2.54. The lowest BCUT2D eigenvalue weighted by Crippen LogP contribution is -2.63. The first kappa shape index (κ1) is 15.3. The Hall–Kier alpha value is -1.55. The van der Waals surface area contributed by atoms with Gasteiger partial charge in [-0.1, -0.05) is 6.07 Å². The summed E-state index contributed by atoms with van der Waals surface area (Å²) in [6.07, 6.45) is 0. The molecule has 3 aliphatic rings. The van der Waals surface area contributed by atoms with E-state index in [4.69, 9.17) is 0 Å². The van der Waals surface area contributed by atoms with Gasteiger partial charge in [0, 0.05) is 57.4 Å². The van der Waals surface area contributed by atoms with Crippen LogP contribution in [0.1, 0.15) is 0 Å². The van der Waals surface area contributed by atoms with Gasteiger partial charge in [0.1, 0.15) is 0 Å². The van der Waals surface area contributed by atoms with Crippen LogP contribution in [0.15, 0.2) is 29.2 Å². The number of hydrogen-bond acceptors (Lipinski definition) is 6. The van der Waals surface area contributed by atoms with Crippen LogP contribution in [0.25, 0.3) is 0 Å². The minimum Gasteiger partial charge on any atom is -0.299 e. The van der Waals surface area contributed by atoms with Crippen LogP contribution in [0.3, 0.4) is 0 Å². The van der Waals surface area contributed by atoms with Crippen molar-refractivity contribution in [2.24, 2.45) is 0 Å². The van der Waals surface area contributed by atoms with Crippen LogP contribution in [0, 0.1) is 10.1 Å². The molecule has 3 heterocycles. The van der Waals surface area contributed by atoms with Crippen molar-refractivity contribution in [1.82, 2.24) is 14.5 Å². The zero-order valence-corrected chi connectivity index (χ0v) is 12.8. The van der Waals surface area contributed by atoms with Gasteiger partial charge in [0.2, 0.25) is 10.0 Å². The Morgan fingerprint density at radius 2 is 2.00 bits per heavy atom. The summed E-state index contributed by atoms with van der Waals surface area (Å²) in [4.78, 5) is 14.7. The van der Waals surface area contributed by atoms with E-state index >= 15 is 0 Å². The molecular weight excluding hydrogens is 308 g/mol. The standard InChI is InChI=1S/C13H18N4O4S/c18-17(19)11-2-1-3-13(8-11)22(20,21)14-9-12-10-15-4-6-16(12)7-5-15/h1-3,8,12,14H,4-7,9-10H2. The highest BCUT2D eigenvalue weighted by Crippen LogP contribution is 2.18. The molecular formula is C13H18N4O4S. The Labute approximate surface area is 128 Å². The largest absolute Gasteiger partial charge is 0.299 e. The third-order valence-electron chi connectivity index (χ3n) is 4.24. The predicted octanol–water partition coefficient (Wildman–Crippen LogP) is -0.127. The summed E-state index contributed by atoms with van der Waals surface area (Å²) in [6.45, 7) is 5.17. The molecule has 0 spiro atoms. The maximum absolute atomic E-state index is 12.3. The fourth-order valence-electron chi connectivity index (χ4n) is 2.97. The third kappa shape index (κ3) is 3.12. The molecule has 1 atom stereocenters. The number of hydrogen-bond donors (Lipinski definition) is 1. The monoisotopic (exact) mass is 326 g/mol. The third-order valence-corrected chi connectivity index (χ3v) is 5.66. The summed E-state index contributed by atoms with van der Waals surface area (Å²) in [7, 11) is -3.73. The summed E-state index contributed by atoms with van der Waals surface area (Å²) < 4.78 is 27.2. The number of nitrogens with one attached hydrogen (secondary N) is 1. The normalized spacial score (nSPS) is 27.7. The van der Waals surface area contributed by atoms with Crippen molar-refractivity contribution in [2.45, 2.75) is 10.9 Å². The summed E-state index contributed by atoms with van der Waals surface area (Å²) in [5, 5.41) is 10.8. The van der Waals surface area contributed by atoms with Gasteiger partial charge in [-0.25, -0.2) is 13.1 Å². The van der Waals surface area contributed by atoms with Crippen molar-refractivity contribution in [3.05, 3.63) is 34.4 Å². The molecule has 9 heteroatoms. The molecule has 8 nitrogen and oxygen atoms in total. The second-order valence-corrected chi connectivity index (χ2v) is 7.36. The van der Waals surface area contributed by atoms with Gasteiger partial charge >= 0.3 is 0 Å². The van der Waals surface area contributed by atoms with Crippen LogP contribution in [-0.4, -0.2) is 68.5 Å². The topological polar surface area (TPSA) is 95.8 Å². The highest BCUT2D eigenvalue weighted by Gasteiger charge is 2.32. The van der Waals surface area contributed by atoms with E-state index in [2.05, 4.69) is 14.5 Å². The molecule has 1 aromatic rings. The number of sulfonamides is 1. The molecule has 4 rings (SSSR count). The fraction of sp³-hybridized carbons (Fsp3) is 0.538. The highest BCUT2D eigenvalue weighted by atomic mass is 32.2. The minimum absolute atomic E-state index is 0.0713. The number of piperazine rings is 3. The number of nitro groups is 1. The predicted molar refractivity (Wildman–Crippen MR) is 80.1 cm³/mol. The summed E-state index contributed by atoms with van der Waals surface area (Å²) >= 11 is 0. The molecule has 0 amide bonds. The van der Waals surface area contributed by atoms with Gasteiger partial charge in [0.15, 0.2) is 0 Å². The van der Waals surface area contributed by atoms with Crippen molar-refractivity contribution in [3.63, 3.8) is 0 Å². The smallest absolute Gasteiger partial charge is 0.270 e. The van der Waals surface area contributed by atoms with E-state index < -0.39 is 14.9 Å². The molecule has 3 fully saturated rings. The molecule has 1 unspecified atom stereocenters. The number of non-ortho nitro benzene ring substituents is 1. The summed E-state index contributed by atoms with van der Waals surface area (Å²) in [5.41, 5.74) is -0.227. The van der Waals surface area contributed by atoms with Crippen LogP contribution in [0.4, 0.5) is 5.69 Å². The van der Waals surface area contributed by atoms with E-state index in [-0.39, 0.29) is 16.6 Å². The lowest BCUT2D eigenvalue weighted by Gasteiger charge is -2.47. The molecule has 1 N–H and O–H groups in total. The molecule has 0 aliphatic carbocycles. The van der Waals surface area contributed by atoms with E-state index in [1.807, 2.05) is 0 Å². The Bertz CT molecular complexity index is 670. The number of nitrogens with zero attached hydrogens (tertiary/aromatic N) is 3. The van der Waals surface area contributed by atoms with Crippen LogP contribution < -0.4 is 4.72 Å². The van der Waals surface area contributed by atoms with E-state index in [0.29, 0.717) is 6.54 Å². The van der Waals surface area contributed by atoms with Crippen molar-refractivity contribution in [1.29, 1.82) is 0 Å². The van der Waals surface area contributed by atoms with Gasteiger partial charge in [-0.15, -0.1) is 0 Å². The van der Waals surface area contributed by atoms with E-state index in [1.165, 1.54) is 18.2 Å². The van der Waals surface area contributed by atoms with E-state index in [9.17, 15) is 18.5 Å². The zero-order valence-electron chi connectivity index (χ0n) is 12.0. The van der Waals surface area contributed by atoms with Gasteiger partial charge in [0.05, 0.1) is 9.82 Å². The van der Waals surface area contributed by atoms with Gasteiger partial charge in [-0.3, -0.25) is 19.9 Å². The van der Waals surface area contributed by atoms with Crippen molar-refractivity contribution in [3.8, 4) is 0 Å². The number of nitro benzene ring substituents is 1. The first-order valence-electron chi connectivity index (χ1n) is 7.16. The van der Waals surface area contributed by atoms with Crippen LogP contribution in [0.2, 0.25) is 0 Å². The van der Waals surface area contributed by atoms with Crippen molar-refractivity contribution < 1.29 is 13.3 Å². The molecule has 0 radical (unpaired) electrons. The van der Waals surface area contributed by atoms with Crippen LogP contribution in [0.5, 0.6) is 0 Å². The van der Waals surface area contributed by atoms with E-state index in [0.717, 1.165) is 38.8 Å². The van der Waals surface area contributed by atoms with Gasteiger partial charge in [0.25, 0.3) is 5.69 Å². The number of rotatable bonds is 5. The second kappa shape index (κ2) is 5.92. The van der Waals surface area contributed by atoms with Gasteiger partial charge in [-0.05, 0) is 6.07 Å². The maximum atomic E-state index is 12.3.